The maximum absolute atomic E-state index is 10.2. The number of aromatic nitrogens is 3. The number of rotatable bonds is 6. The molecule has 0 aliphatic heterocycles. The van der Waals surface area contributed by atoms with E-state index in [0.717, 1.165) is 28.8 Å². The van der Waals surface area contributed by atoms with Crippen molar-refractivity contribution in [3.05, 3.63) is 95.3 Å². The smallest absolute Gasteiger partial charge is 0.157 e. The molecule has 0 bridgehead atoms. The van der Waals surface area contributed by atoms with Gasteiger partial charge in [-0.15, -0.1) is 0 Å². The summed E-state index contributed by atoms with van der Waals surface area (Å²) in [4.78, 5) is 4.51. The highest BCUT2D eigenvalue weighted by Gasteiger charge is 2.49. The number of nitrogens with zero attached hydrogens (tertiary/aromatic N) is 3. The summed E-state index contributed by atoms with van der Waals surface area (Å²) < 4.78 is 1.67. The molecule has 0 spiro atoms. The van der Waals surface area contributed by atoms with Crippen molar-refractivity contribution in [2.24, 2.45) is 5.73 Å². The van der Waals surface area contributed by atoms with Crippen molar-refractivity contribution in [2.75, 3.05) is 5.73 Å². The first kappa shape index (κ1) is 22.3. The minimum Gasteiger partial charge on any atom is -0.390 e. The van der Waals surface area contributed by atoms with Crippen LogP contribution in [0.4, 0.5) is 5.82 Å². The minimum absolute atomic E-state index is 0.155. The molecule has 1 aliphatic carbocycles. The topological polar surface area (TPSA) is 102 Å². The lowest BCUT2D eigenvalue weighted by Gasteiger charge is -2.49. The molecule has 0 saturated heterocycles. The van der Waals surface area contributed by atoms with Crippen LogP contribution in [0.2, 0.25) is 0 Å². The Bertz CT molecular complexity index is 1330. The molecule has 1 fully saturated rings. The van der Waals surface area contributed by atoms with E-state index in [4.69, 9.17) is 11.5 Å². The van der Waals surface area contributed by atoms with Crippen LogP contribution in [0.25, 0.3) is 17.3 Å². The summed E-state index contributed by atoms with van der Waals surface area (Å²) in [6.07, 6.45) is 7.72. The minimum atomic E-state index is -0.674. The van der Waals surface area contributed by atoms with E-state index in [0.29, 0.717) is 18.7 Å². The third kappa shape index (κ3) is 4.00. The lowest BCUT2D eigenvalue weighted by Crippen LogP contribution is -2.58. The van der Waals surface area contributed by atoms with Crippen LogP contribution in [0.3, 0.4) is 0 Å². The predicted octanol–water partition coefficient (Wildman–Crippen LogP) is 4.74. The lowest BCUT2D eigenvalue weighted by atomic mass is 9.63. The fourth-order valence-corrected chi connectivity index (χ4v) is 5.39. The van der Waals surface area contributed by atoms with Crippen LogP contribution in [0.15, 0.2) is 73.1 Å². The first-order valence-electron chi connectivity index (χ1n) is 11.8. The number of nitrogen functional groups attached to an aromatic ring is 1. The summed E-state index contributed by atoms with van der Waals surface area (Å²) in [6.45, 7) is 4.04. The van der Waals surface area contributed by atoms with Crippen LogP contribution < -0.4 is 11.5 Å². The van der Waals surface area contributed by atoms with Gasteiger partial charge in [-0.3, -0.25) is 0 Å². The molecule has 34 heavy (non-hydrogen) atoms. The van der Waals surface area contributed by atoms with Crippen LogP contribution >= 0.6 is 0 Å². The maximum Gasteiger partial charge on any atom is 0.157 e. The van der Waals surface area contributed by atoms with E-state index in [1.807, 2.05) is 25.3 Å². The molecule has 1 atom stereocenters. The van der Waals surface area contributed by atoms with Gasteiger partial charge in [0.25, 0.3) is 0 Å². The molecule has 0 amide bonds. The lowest BCUT2D eigenvalue weighted by molar-refractivity contribution is -0.0738. The zero-order valence-corrected chi connectivity index (χ0v) is 19.6. The molecular weight excluding hydrogens is 422 g/mol. The molecular formula is C28H31N5O. The molecule has 1 saturated carbocycles. The van der Waals surface area contributed by atoms with Crippen LogP contribution in [0.1, 0.15) is 61.3 Å². The Hall–Kier alpha value is -3.48. The van der Waals surface area contributed by atoms with E-state index in [1.54, 1.807) is 10.7 Å². The second-order valence-corrected chi connectivity index (χ2v) is 9.76. The molecule has 6 nitrogen and oxygen atoms in total. The molecule has 2 heterocycles. The van der Waals surface area contributed by atoms with Gasteiger partial charge in [0, 0.05) is 29.3 Å². The van der Waals surface area contributed by atoms with Gasteiger partial charge >= 0.3 is 0 Å². The second-order valence-electron chi connectivity index (χ2n) is 9.76. The highest BCUT2D eigenvalue weighted by Crippen LogP contribution is 2.46. The zero-order chi connectivity index (χ0) is 23.9. The number of allylic oxidation sites excluding steroid dienone is 1. The van der Waals surface area contributed by atoms with Crippen LogP contribution in [-0.4, -0.2) is 25.3 Å². The zero-order valence-electron chi connectivity index (χ0n) is 19.6. The van der Waals surface area contributed by atoms with Gasteiger partial charge in [-0.2, -0.15) is 9.61 Å². The monoisotopic (exact) mass is 453 g/mol. The number of nitrogens with two attached hydrogens (primary N) is 2. The van der Waals surface area contributed by atoms with Crippen molar-refractivity contribution in [1.82, 2.24) is 14.6 Å². The largest absolute Gasteiger partial charge is 0.390 e. The van der Waals surface area contributed by atoms with Crippen LogP contribution in [0.5, 0.6) is 0 Å². The predicted molar refractivity (Wildman–Crippen MR) is 137 cm³/mol. The van der Waals surface area contributed by atoms with Gasteiger partial charge in [0.05, 0.1) is 11.8 Å². The van der Waals surface area contributed by atoms with E-state index in [2.05, 4.69) is 71.6 Å². The van der Waals surface area contributed by atoms with Gasteiger partial charge in [0.2, 0.25) is 0 Å². The second kappa shape index (κ2) is 8.38. The number of hydrogen-bond donors (Lipinski definition) is 3. The third-order valence-electron chi connectivity index (χ3n) is 6.96. The quantitative estimate of drug-likeness (QED) is 0.391. The summed E-state index contributed by atoms with van der Waals surface area (Å²) in [6, 6.07) is 20.8. The Kier molecular flexibility index (Phi) is 5.50. The molecule has 1 aliphatic rings. The van der Waals surface area contributed by atoms with Crippen LogP contribution in [0, 0.1) is 0 Å². The summed E-state index contributed by atoms with van der Waals surface area (Å²) >= 11 is 0. The summed E-state index contributed by atoms with van der Waals surface area (Å²) in [5.41, 5.74) is 18.1. The molecule has 4 aromatic rings. The van der Waals surface area contributed by atoms with E-state index in [-0.39, 0.29) is 5.92 Å². The Morgan fingerprint density at radius 2 is 1.82 bits per heavy atom. The summed E-state index contributed by atoms with van der Waals surface area (Å²) in [5, 5.41) is 14.5. The molecule has 0 radical (unpaired) electrons. The first-order valence-corrected chi connectivity index (χ1v) is 11.8. The molecule has 6 heteroatoms. The highest BCUT2D eigenvalue weighted by molar-refractivity contribution is 5.87. The fourth-order valence-electron chi connectivity index (χ4n) is 5.39. The first-order chi connectivity index (χ1) is 16.3. The SMILES string of the molecule is CCC(/C(=C\c1cnc2ccnn2c1N)c1ccccc1)c1ccc(C2(N)CC(C)(O)C2)cc1. The molecule has 5 rings (SSSR count). The van der Waals surface area contributed by atoms with Crippen LogP contribution in [-0.2, 0) is 5.54 Å². The van der Waals surface area contributed by atoms with Gasteiger partial charge in [-0.1, -0.05) is 61.5 Å². The van der Waals surface area contributed by atoms with E-state index < -0.39 is 11.1 Å². The molecule has 2 aromatic carbocycles. The fraction of sp³-hybridized carbons (Fsp3) is 0.286. The molecule has 5 N–H and O–H groups in total. The number of benzene rings is 2. The number of aliphatic hydroxyl groups is 1. The normalized spacial score (nSPS) is 23.6. The van der Waals surface area contributed by atoms with E-state index >= 15 is 0 Å². The van der Waals surface area contributed by atoms with Crippen molar-refractivity contribution in [2.45, 2.75) is 50.2 Å². The Morgan fingerprint density at radius 1 is 1.12 bits per heavy atom. The molecule has 2 aromatic heterocycles. The molecule has 174 valence electrons. The van der Waals surface area contributed by atoms with Gasteiger partial charge in [0.1, 0.15) is 5.82 Å². The van der Waals surface area contributed by atoms with Crippen molar-refractivity contribution in [3.8, 4) is 0 Å². The average molecular weight is 454 g/mol. The van der Waals surface area contributed by atoms with Crippen molar-refractivity contribution < 1.29 is 5.11 Å². The van der Waals surface area contributed by atoms with Crippen molar-refractivity contribution >= 4 is 23.1 Å². The van der Waals surface area contributed by atoms with Crippen molar-refractivity contribution in [1.29, 1.82) is 0 Å². The molecule has 1 unspecified atom stereocenters. The maximum atomic E-state index is 10.2. The number of anilines is 1. The summed E-state index contributed by atoms with van der Waals surface area (Å²) in [7, 11) is 0. The van der Waals surface area contributed by atoms with E-state index in [9.17, 15) is 5.11 Å². The standard InChI is InChI=1S/C28H31N5O/c1-3-23(20-9-11-22(12-10-20)28(30)17-27(2,34)18-28)24(19-7-5-4-6-8-19)15-21-16-31-25-13-14-32-33(25)26(21)29/h4-16,23,34H,3,17-18,29-30H2,1-2H3/b24-15-. The number of fused-ring (bicyclic) bond motifs is 1. The third-order valence-corrected chi connectivity index (χ3v) is 6.96. The highest BCUT2D eigenvalue weighted by atomic mass is 16.3. The van der Waals surface area contributed by atoms with Crippen molar-refractivity contribution in [3.63, 3.8) is 0 Å². The van der Waals surface area contributed by atoms with Gasteiger partial charge < -0.3 is 16.6 Å². The van der Waals surface area contributed by atoms with Gasteiger partial charge in [-0.25, -0.2) is 4.98 Å². The average Bonchev–Trinajstić information content (AvgIpc) is 3.30. The number of hydrogen-bond acceptors (Lipinski definition) is 5. The Labute approximate surface area is 199 Å². The van der Waals surface area contributed by atoms with Gasteiger partial charge in [-0.05, 0) is 54.5 Å². The van der Waals surface area contributed by atoms with Gasteiger partial charge in [0.15, 0.2) is 5.65 Å². The Morgan fingerprint density at radius 3 is 2.47 bits per heavy atom. The van der Waals surface area contributed by atoms with E-state index in [1.165, 1.54) is 11.1 Å². The Balaban J connectivity index is 1.55. The summed E-state index contributed by atoms with van der Waals surface area (Å²) in [5.74, 6) is 0.720.